The molecule has 0 saturated heterocycles. The number of rotatable bonds is 6. The molecule has 0 spiro atoms. The molecule has 0 saturated carbocycles. The van der Waals surface area contributed by atoms with Crippen molar-refractivity contribution in [2.45, 2.75) is 39.5 Å². The van der Waals surface area contributed by atoms with Crippen LogP contribution in [-0.2, 0) is 11.2 Å². The van der Waals surface area contributed by atoms with Gasteiger partial charge >= 0.3 is 5.97 Å². The number of aromatic nitrogens is 2. The first-order chi connectivity index (χ1) is 8.71. The van der Waals surface area contributed by atoms with Gasteiger partial charge in [-0.1, -0.05) is 13.8 Å². The molecule has 1 rings (SSSR count). The second-order valence-corrected chi connectivity index (χ2v) is 3.64. The van der Waals surface area contributed by atoms with Gasteiger partial charge < -0.3 is 4.74 Å². The summed E-state index contributed by atoms with van der Waals surface area (Å²) in [6, 6.07) is 0. The van der Waals surface area contributed by atoms with Crippen LogP contribution in [0.3, 0.4) is 0 Å². The second-order valence-electron chi connectivity index (χ2n) is 3.64. The summed E-state index contributed by atoms with van der Waals surface area (Å²) < 4.78 is 5.04. The first kappa shape index (κ1) is 13.9. The summed E-state index contributed by atoms with van der Waals surface area (Å²) in [5, 5.41) is 3.41. The fourth-order valence-electron chi connectivity index (χ4n) is 1.30. The number of aryl methyl sites for hydroxylation is 1. The molecule has 7 nitrogen and oxygen atoms in total. The number of carbonyl (C=O) groups is 1. The number of hydrogen-bond donors (Lipinski definition) is 0. The number of carbonyl (C=O) groups excluding carboxylic acids is 1. The van der Waals surface area contributed by atoms with Gasteiger partial charge in [0.2, 0.25) is 0 Å². The summed E-state index contributed by atoms with van der Waals surface area (Å²) in [5.74, 6) is 0.334. The predicted molar refractivity (Wildman–Crippen MR) is 65.4 cm³/mol. The summed E-state index contributed by atoms with van der Waals surface area (Å²) in [5.41, 5.74) is 8.46. The Balaban J connectivity index is 2.96. The molecule has 0 fully saturated rings. The topological polar surface area (TPSA) is 101 Å². The van der Waals surface area contributed by atoms with Gasteiger partial charge in [-0.25, -0.2) is 9.97 Å². The van der Waals surface area contributed by atoms with Crippen LogP contribution >= 0.6 is 0 Å². The van der Waals surface area contributed by atoms with Crippen LogP contribution in [0.25, 0.3) is 10.4 Å². The van der Waals surface area contributed by atoms with Crippen molar-refractivity contribution >= 4 is 11.8 Å². The highest BCUT2D eigenvalue weighted by molar-refractivity contribution is 5.73. The quantitative estimate of drug-likeness (QED) is 0.334. The summed E-state index contributed by atoms with van der Waals surface area (Å²) in [6.45, 7) is 3.86. The lowest BCUT2D eigenvalue weighted by Crippen LogP contribution is -2.08. The number of nitrogens with zero attached hydrogens (tertiary/aromatic N) is 5. The maximum atomic E-state index is 11.4. The zero-order valence-electron chi connectivity index (χ0n) is 10.5. The van der Waals surface area contributed by atoms with Crippen LogP contribution in [0.5, 0.6) is 5.75 Å². The third-order valence-corrected chi connectivity index (χ3v) is 2.08. The molecule has 0 N–H and O–H groups in total. The fraction of sp³-hybridized carbons (Fsp3) is 0.545. The molecule has 0 aliphatic rings. The van der Waals surface area contributed by atoms with Crippen molar-refractivity contribution in [2.75, 3.05) is 0 Å². The lowest BCUT2D eigenvalue weighted by Gasteiger charge is -2.06. The highest BCUT2D eigenvalue weighted by Crippen LogP contribution is 2.25. The summed E-state index contributed by atoms with van der Waals surface area (Å²) in [4.78, 5) is 22.1. The highest BCUT2D eigenvalue weighted by atomic mass is 16.5. The van der Waals surface area contributed by atoms with Gasteiger partial charge in [0.25, 0.3) is 0 Å². The van der Waals surface area contributed by atoms with E-state index >= 15 is 0 Å². The second kappa shape index (κ2) is 7.24. The molecule has 0 unspecified atom stereocenters. The fourth-order valence-corrected chi connectivity index (χ4v) is 1.30. The average molecular weight is 249 g/mol. The van der Waals surface area contributed by atoms with Gasteiger partial charge in [0.15, 0.2) is 11.6 Å². The average Bonchev–Trinajstić information content (AvgIpc) is 2.33. The Morgan fingerprint density at radius 3 is 2.89 bits per heavy atom. The van der Waals surface area contributed by atoms with Crippen LogP contribution in [0.15, 0.2) is 11.3 Å². The standard InChI is InChI=1S/C11H15N5O2/c1-3-5-9-13-7-8(11(14-9)15-16-12)18-10(17)6-4-2/h7H,3-6H2,1-2H3. The van der Waals surface area contributed by atoms with Crippen molar-refractivity contribution in [1.29, 1.82) is 0 Å². The Morgan fingerprint density at radius 1 is 1.50 bits per heavy atom. The van der Waals surface area contributed by atoms with Gasteiger partial charge in [0.05, 0.1) is 6.20 Å². The van der Waals surface area contributed by atoms with Crippen molar-refractivity contribution in [3.63, 3.8) is 0 Å². The Hall–Kier alpha value is -2.14. The van der Waals surface area contributed by atoms with Gasteiger partial charge in [0.1, 0.15) is 5.82 Å². The number of esters is 1. The molecule has 0 bridgehead atoms. The van der Waals surface area contributed by atoms with E-state index in [0.29, 0.717) is 25.1 Å². The molecule has 96 valence electrons. The molecular formula is C11H15N5O2. The summed E-state index contributed by atoms with van der Waals surface area (Å²) in [6.07, 6.45) is 3.91. The maximum absolute atomic E-state index is 11.4. The monoisotopic (exact) mass is 249 g/mol. The van der Waals surface area contributed by atoms with Crippen molar-refractivity contribution in [3.8, 4) is 5.75 Å². The molecule has 0 aromatic carbocycles. The zero-order valence-corrected chi connectivity index (χ0v) is 10.5. The molecule has 0 atom stereocenters. The molecule has 0 aliphatic carbocycles. The van der Waals surface area contributed by atoms with Crippen LogP contribution in [0, 0.1) is 0 Å². The summed E-state index contributed by atoms with van der Waals surface area (Å²) >= 11 is 0. The van der Waals surface area contributed by atoms with Gasteiger partial charge in [-0.3, -0.25) is 4.79 Å². The Kier molecular flexibility index (Phi) is 5.60. The lowest BCUT2D eigenvalue weighted by atomic mass is 10.3. The zero-order chi connectivity index (χ0) is 13.4. The first-order valence-corrected chi connectivity index (χ1v) is 5.82. The van der Waals surface area contributed by atoms with E-state index in [-0.39, 0.29) is 11.6 Å². The van der Waals surface area contributed by atoms with E-state index in [2.05, 4.69) is 20.0 Å². The third kappa shape index (κ3) is 4.03. The van der Waals surface area contributed by atoms with E-state index in [1.807, 2.05) is 13.8 Å². The molecule has 1 heterocycles. The van der Waals surface area contributed by atoms with Gasteiger partial charge in [-0.05, 0) is 23.5 Å². The predicted octanol–water partition coefficient (Wildman–Crippen LogP) is 3.08. The van der Waals surface area contributed by atoms with Crippen LogP contribution in [0.4, 0.5) is 5.82 Å². The van der Waals surface area contributed by atoms with E-state index in [0.717, 1.165) is 6.42 Å². The van der Waals surface area contributed by atoms with Crippen molar-refractivity contribution in [3.05, 3.63) is 22.5 Å². The van der Waals surface area contributed by atoms with Crippen LogP contribution in [-0.4, -0.2) is 15.9 Å². The van der Waals surface area contributed by atoms with Gasteiger partial charge in [-0.2, -0.15) is 0 Å². The molecule has 18 heavy (non-hydrogen) atoms. The minimum atomic E-state index is -0.390. The van der Waals surface area contributed by atoms with Crippen molar-refractivity contribution in [2.24, 2.45) is 5.11 Å². The van der Waals surface area contributed by atoms with E-state index in [4.69, 9.17) is 10.3 Å². The minimum Gasteiger partial charge on any atom is -0.423 e. The van der Waals surface area contributed by atoms with E-state index < -0.39 is 5.97 Å². The van der Waals surface area contributed by atoms with Crippen LogP contribution in [0.1, 0.15) is 38.9 Å². The number of hydrogen-bond acceptors (Lipinski definition) is 5. The third-order valence-electron chi connectivity index (χ3n) is 2.08. The molecule has 1 aromatic heterocycles. The van der Waals surface area contributed by atoms with E-state index in [1.54, 1.807) is 0 Å². The van der Waals surface area contributed by atoms with Crippen LogP contribution in [0.2, 0.25) is 0 Å². The van der Waals surface area contributed by atoms with E-state index in [9.17, 15) is 4.79 Å². The lowest BCUT2D eigenvalue weighted by molar-refractivity contribution is -0.134. The Bertz CT molecular complexity index is 469. The highest BCUT2D eigenvalue weighted by Gasteiger charge is 2.10. The molecule has 0 radical (unpaired) electrons. The Labute approximate surface area is 105 Å². The SMILES string of the molecule is CCCC(=O)Oc1cnc(CCC)nc1N=[N+]=[N-]. The molecule has 7 heteroatoms. The van der Waals surface area contributed by atoms with Crippen molar-refractivity contribution in [1.82, 2.24) is 9.97 Å². The first-order valence-electron chi connectivity index (χ1n) is 5.82. The number of ether oxygens (including phenoxy) is 1. The molecule has 0 amide bonds. The molecule has 0 aliphatic heterocycles. The number of azide groups is 1. The normalized spacial score (nSPS) is 9.67. The van der Waals surface area contributed by atoms with Gasteiger partial charge in [0, 0.05) is 17.8 Å². The smallest absolute Gasteiger partial charge is 0.311 e. The minimum absolute atomic E-state index is 0.0559. The Morgan fingerprint density at radius 2 is 2.28 bits per heavy atom. The molecule has 1 aromatic rings. The van der Waals surface area contributed by atoms with Crippen LogP contribution < -0.4 is 4.74 Å². The van der Waals surface area contributed by atoms with E-state index in [1.165, 1.54) is 6.20 Å². The van der Waals surface area contributed by atoms with Crippen molar-refractivity contribution < 1.29 is 9.53 Å². The molecular weight excluding hydrogens is 234 g/mol. The maximum Gasteiger partial charge on any atom is 0.311 e. The largest absolute Gasteiger partial charge is 0.423 e. The summed E-state index contributed by atoms with van der Waals surface area (Å²) in [7, 11) is 0. The van der Waals surface area contributed by atoms with Gasteiger partial charge in [-0.15, -0.1) is 0 Å².